The van der Waals surface area contributed by atoms with Crippen molar-refractivity contribution < 1.29 is 0 Å². The molecule has 0 aliphatic rings. The topological polar surface area (TPSA) is 0 Å². The van der Waals surface area contributed by atoms with E-state index >= 15 is 0 Å². The molecule has 0 aliphatic carbocycles. The van der Waals surface area contributed by atoms with Gasteiger partial charge in [0.1, 0.15) is 0 Å². The van der Waals surface area contributed by atoms with Crippen LogP contribution in [-0.4, -0.2) is 0 Å². The molecule has 0 amide bonds. The molecular formula is C15H13BrCl2. The molecule has 0 saturated heterocycles. The van der Waals surface area contributed by atoms with Gasteiger partial charge in [-0.3, -0.25) is 0 Å². The van der Waals surface area contributed by atoms with E-state index in [1.165, 1.54) is 5.56 Å². The van der Waals surface area contributed by atoms with E-state index in [2.05, 4.69) is 47.1 Å². The third-order valence-electron chi connectivity index (χ3n) is 2.92. The second-order valence-electron chi connectivity index (χ2n) is 4.13. The zero-order chi connectivity index (χ0) is 13.1. The van der Waals surface area contributed by atoms with E-state index in [9.17, 15) is 0 Å². The van der Waals surface area contributed by atoms with Crippen LogP contribution >= 0.6 is 39.1 Å². The molecule has 0 bridgehead atoms. The summed E-state index contributed by atoms with van der Waals surface area (Å²) in [6.45, 7) is 2.14. The molecule has 94 valence electrons. The standard InChI is InChI=1S/C15H13BrCl2/c1-2-10-3-5-11(6-4-10)15(18)12-7-8-14(17)13(16)9-12/h3-9,15H,2H2,1H3. The largest absolute Gasteiger partial charge is 0.113 e. The zero-order valence-corrected chi connectivity index (χ0v) is 13.1. The first-order valence-corrected chi connectivity index (χ1v) is 7.40. The predicted molar refractivity (Wildman–Crippen MR) is 82.7 cm³/mol. The maximum Gasteiger partial charge on any atom is 0.0835 e. The lowest BCUT2D eigenvalue weighted by atomic mass is 10.0. The van der Waals surface area contributed by atoms with Crippen LogP contribution in [0, 0.1) is 0 Å². The van der Waals surface area contributed by atoms with Crippen LogP contribution in [-0.2, 0) is 6.42 Å². The summed E-state index contributed by atoms with van der Waals surface area (Å²) < 4.78 is 0.873. The Morgan fingerprint density at radius 2 is 1.67 bits per heavy atom. The Morgan fingerprint density at radius 3 is 2.22 bits per heavy atom. The van der Waals surface area contributed by atoms with Crippen molar-refractivity contribution in [1.29, 1.82) is 0 Å². The molecule has 1 unspecified atom stereocenters. The van der Waals surface area contributed by atoms with Gasteiger partial charge in [0.25, 0.3) is 0 Å². The van der Waals surface area contributed by atoms with Gasteiger partial charge in [-0.1, -0.05) is 48.9 Å². The van der Waals surface area contributed by atoms with Gasteiger partial charge in [0.2, 0.25) is 0 Å². The number of hydrogen-bond donors (Lipinski definition) is 0. The van der Waals surface area contributed by atoms with Gasteiger partial charge >= 0.3 is 0 Å². The minimum absolute atomic E-state index is 0.149. The molecule has 1 atom stereocenters. The van der Waals surface area contributed by atoms with Crippen LogP contribution in [0.3, 0.4) is 0 Å². The third-order valence-corrected chi connectivity index (χ3v) is 4.63. The van der Waals surface area contributed by atoms with E-state index in [4.69, 9.17) is 23.2 Å². The molecule has 0 fully saturated rings. The van der Waals surface area contributed by atoms with Crippen molar-refractivity contribution >= 4 is 39.1 Å². The molecule has 0 heterocycles. The lowest BCUT2D eigenvalue weighted by molar-refractivity contribution is 1.10. The Bertz CT molecular complexity index is 535. The fourth-order valence-electron chi connectivity index (χ4n) is 1.78. The van der Waals surface area contributed by atoms with Crippen LogP contribution in [0.25, 0.3) is 0 Å². The molecule has 0 radical (unpaired) electrons. The highest BCUT2D eigenvalue weighted by molar-refractivity contribution is 9.10. The monoisotopic (exact) mass is 342 g/mol. The quantitative estimate of drug-likeness (QED) is 0.600. The predicted octanol–water partition coefficient (Wildman–Crippen LogP) is 5.99. The number of aryl methyl sites for hydroxylation is 1. The van der Waals surface area contributed by atoms with E-state index in [-0.39, 0.29) is 5.38 Å². The van der Waals surface area contributed by atoms with Crippen molar-refractivity contribution in [3.63, 3.8) is 0 Å². The second-order valence-corrected chi connectivity index (χ2v) is 5.83. The summed E-state index contributed by atoms with van der Waals surface area (Å²) >= 11 is 15.9. The van der Waals surface area contributed by atoms with Gasteiger partial charge in [-0.05, 0) is 51.2 Å². The highest BCUT2D eigenvalue weighted by Gasteiger charge is 2.11. The van der Waals surface area contributed by atoms with Gasteiger partial charge in [-0.15, -0.1) is 11.6 Å². The van der Waals surface area contributed by atoms with Crippen LogP contribution in [0.15, 0.2) is 46.9 Å². The third kappa shape index (κ3) is 3.09. The number of benzene rings is 2. The molecule has 0 spiro atoms. The molecule has 2 aromatic rings. The summed E-state index contributed by atoms with van der Waals surface area (Å²) in [4.78, 5) is 0. The van der Waals surface area contributed by atoms with Crippen molar-refractivity contribution in [2.75, 3.05) is 0 Å². The van der Waals surface area contributed by atoms with Crippen molar-refractivity contribution in [2.45, 2.75) is 18.7 Å². The molecular weight excluding hydrogens is 331 g/mol. The minimum Gasteiger partial charge on any atom is -0.113 e. The lowest BCUT2D eigenvalue weighted by Crippen LogP contribution is -1.94. The summed E-state index contributed by atoms with van der Waals surface area (Å²) in [5.41, 5.74) is 3.46. The lowest BCUT2D eigenvalue weighted by Gasteiger charge is -2.12. The fraction of sp³-hybridized carbons (Fsp3) is 0.200. The van der Waals surface area contributed by atoms with Gasteiger partial charge in [-0.25, -0.2) is 0 Å². The summed E-state index contributed by atoms with van der Waals surface area (Å²) in [5.74, 6) is 0. The van der Waals surface area contributed by atoms with Crippen molar-refractivity contribution in [3.8, 4) is 0 Å². The highest BCUT2D eigenvalue weighted by atomic mass is 79.9. The SMILES string of the molecule is CCc1ccc(C(Cl)c2ccc(Cl)c(Br)c2)cc1. The Balaban J connectivity index is 2.28. The van der Waals surface area contributed by atoms with Crippen molar-refractivity contribution in [3.05, 3.63) is 68.7 Å². The average Bonchev–Trinajstić information content (AvgIpc) is 2.41. The van der Waals surface area contributed by atoms with E-state index in [0.717, 1.165) is 22.0 Å². The Labute approximate surface area is 126 Å². The fourth-order valence-corrected chi connectivity index (χ4v) is 2.58. The Kier molecular flexibility index (Phi) is 4.71. The molecule has 2 aromatic carbocycles. The van der Waals surface area contributed by atoms with Crippen LogP contribution in [0.5, 0.6) is 0 Å². The Morgan fingerprint density at radius 1 is 1.06 bits per heavy atom. The second kappa shape index (κ2) is 6.10. The average molecular weight is 344 g/mol. The summed E-state index contributed by atoms with van der Waals surface area (Å²) in [7, 11) is 0. The molecule has 0 nitrogen and oxygen atoms in total. The molecule has 0 saturated carbocycles. The van der Waals surface area contributed by atoms with Crippen LogP contribution in [0.2, 0.25) is 5.02 Å². The van der Waals surface area contributed by atoms with E-state index < -0.39 is 0 Å². The maximum absolute atomic E-state index is 6.49. The van der Waals surface area contributed by atoms with Gasteiger partial charge in [0, 0.05) is 4.47 Å². The van der Waals surface area contributed by atoms with Crippen LogP contribution in [0.4, 0.5) is 0 Å². The number of alkyl halides is 1. The smallest absolute Gasteiger partial charge is 0.0835 e. The number of rotatable bonds is 3. The molecule has 3 heteroatoms. The van der Waals surface area contributed by atoms with E-state index in [0.29, 0.717) is 5.02 Å². The Hall–Kier alpha value is -0.500. The molecule has 2 rings (SSSR count). The first kappa shape index (κ1) is 13.9. The number of halogens is 3. The molecule has 0 N–H and O–H groups in total. The van der Waals surface area contributed by atoms with Crippen molar-refractivity contribution in [2.24, 2.45) is 0 Å². The maximum atomic E-state index is 6.49. The molecule has 0 aromatic heterocycles. The van der Waals surface area contributed by atoms with Gasteiger partial charge in [0.15, 0.2) is 0 Å². The normalized spacial score (nSPS) is 12.4. The van der Waals surface area contributed by atoms with Crippen LogP contribution < -0.4 is 0 Å². The summed E-state index contributed by atoms with van der Waals surface area (Å²) in [5, 5.41) is 0.549. The van der Waals surface area contributed by atoms with Gasteiger partial charge in [-0.2, -0.15) is 0 Å². The van der Waals surface area contributed by atoms with Gasteiger partial charge in [0.05, 0.1) is 10.4 Å². The summed E-state index contributed by atoms with van der Waals surface area (Å²) in [6.07, 6.45) is 1.04. The zero-order valence-electron chi connectivity index (χ0n) is 9.96. The highest BCUT2D eigenvalue weighted by Crippen LogP contribution is 2.33. The van der Waals surface area contributed by atoms with E-state index in [1.807, 2.05) is 18.2 Å². The number of hydrogen-bond acceptors (Lipinski definition) is 0. The van der Waals surface area contributed by atoms with Crippen LogP contribution in [0.1, 0.15) is 29.0 Å². The first-order chi connectivity index (χ1) is 8.61. The summed E-state index contributed by atoms with van der Waals surface area (Å²) in [6, 6.07) is 14.2. The van der Waals surface area contributed by atoms with Crippen molar-refractivity contribution in [1.82, 2.24) is 0 Å². The van der Waals surface area contributed by atoms with Gasteiger partial charge < -0.3 is 0 Å². The molecule has 18 heavy (non-hydrogen) atoms. The van der Waals surface area contributed by atoms with E-state index in [1.54, 1.807) is 0 Å². The first-order valence-electron chi connectivity index (χ1n) is 5.79. The minimum atomic E-state index is -0.149. The molecule has 0 aliphatic heterocycles.